The van der Waals surface area contributed by atoms with Gasteiger partial charge >= 0.3 is 0 Å². The van der Waals surface area contributed by atoms with Crippen LogP contribution in [0.15, 0.2) is 95.7 Å². The number of aromatic nitrogens is 2. The molecule has 6 heterocycles. The van der Waals surface area contributed by atoms with Crippen molar-refractivity contribution in [2.45, 2.75) is 0 Å². The normalized spacial score (nSPS) is 12.5. The summed E-state index contributed by atoms with van der Waals surface area (Å²) < 4.78 is 7.69. The average molecular weight is 669 g/mol. The van der Waals surface area contributed by atoms with Crippen molar-refractivity contribution >= 4 is 150 Å². The van der Waals surface area contributed by atoms with Crippen LogP contribution >= 0.6 is 68.0 Å². The van der Waals surface area contributed by atoms with E-state index in [1.54, 1.807) is 45.3 Å². The van der Waals surface area contributed by atoms with E-state index in [1.165, 1.54) is 81.0 Å². The molecule has 0 fully saturated rings. The molecule has 206 valence electrons. The summed E-state index contributed by atoms with van der Waals surface area (Å²) in [5.74, 6) is 0. The first kappa shape index (κ1) is 24.5. The maximum Gasteiger partial charge on any atom is 0.134 e. The molecule has 8 heteroatoms. The Kier molecular flexibility index (Phi) is 4.97. The van der Waals surface area contributed by atoms with Gasteiger partial charge in [-0.3, -0.25) is 0 Å². The van der Waals surface area contributed by atoms with Crippen LogP contribution in [0.5, 0.6) is 0 Å². The fourth-order valence-electron chi connectivity index (χ4n) is 6.26. The quantitative estimate of drug-likeness (QED) is 0.183. The van der Waals surface area contributed by atoms with Gasteiger partial charge in [-0.15, -0.1) is 68.0 Å². The minimum Gasteiger partial charge on any atom is -0.235 e. The van der Waals surface area contributed by atoms with E-state index >= 15 is 0 Å². The van der Waals surface area contributed by atoms with Crippen molar-refractivity contribution < 1.29 is 0 Å². The Morgan fingerprint density at radius 2 is 0.773 bits per heavy atom. The molecule has 5 aromatic carbocycles. The highest BCUT2D eigenvalue weighted by atomic mass is 32.1. The largest absolute Gasteiger partial charge is 0.235 e. The summed E-state index contributed by atoms with van der Waals surface area (Å²) in [6.07, 6.45) is 0. The Morgan fingerprint density at radius 1 is 0.341 bits per heavy atom. The molecule has 2 nitrogen and oxygen atoms in total. The smallest absolute Gasteiger partial charge is 0.134 e. The Morgan fingerprint density at radius 3 is 1.25 bits per heavy atom. The Labute approximate surface area is 273 Å². The highest BCUT2D eigenvalue weighted by molar-refractivity contribution is 7.29. The lowest BCUT2D eigenvalue weighted by Crippen LogP contribution is -1.72. The molecule has 0 spiro atoms. The number of nitrogens with zero attached hydrogens (tertiary/aromatic N) is 2. The minimum absolute atomic E-state index is 1.05. The highest BCUT2D eigenvalue weighted by Gasteiger charge is 2.16. The summed E-state index contributed by atoms with van der Waals surface area (Å²) in [7, 11) is 0. The van der Waals surface area contributed by atoms with E-state index < -0.39 is 0 Å². The van der Waals surface area contributed by atoms with E-state index in [-0.39, 0.29) is 0 Å². The summed E-state index contributed by atoms with van der Waals surface area (Å²) in [5.41, 5.74) is 2.11. The zero-order valence-corrected chi connectivity index (χ0v) is 27.5. The third kappa shape index (κ3) is 3.67. The predicted molar refractivity (Wildman–Crippen MR) is 200 cm³/mol. The van der Waals surface area contributed by atoms with Crippen molar-refractivity contribution in [2.75, 3.05) is 0 Å². The van der Waals surface area contributed by atoms with E-state index in [1.807, 2.05) is 22.7 Å². The van der Waals surface area contributed by atoms with Crippen LogP contribution in [0.25, 0.3) is 102 Å². The molecular formula is C36H16N2S6. The van der Waals surface area contributed by atoms with Crippen LogP contribution in [0.4, 0.5) is 0 Å². The third-order valence-corrected chi connectivity index (χ3v) is 14.7. The van der Waals surface area contributed by atoms with Crippen LogP contribution in [0.3, 0.4) is 0 Å². The summed E-state index contributed by atoms with van der Waals surface area (Å²) >= 11 is 10.8. The fraction of sp³-hybridized carbons (Fsp3) is 0. The molecule has 0 bridgehead atoms. The monoisotopic (exact) mass is 668 g/mol. The molecule has 0 aliphatic carbocycles. The van der Waals surface area contributed by atoms with Crippen LogP contribution in [0.2, 0.25) is 0 Å². The minimum atomic E-state index is 1.05. The van der Waals surface area contributed by atoms with E-state index in [0.29, 0.717) is 0 Å². The Bertz CT molecular complexity index is 2580. The Hall–Kier alpha value is -3.76. The summed E-state index contributed by atoms with van der Waals surface area (Å²) in [6, 6.07) is 32.1. The second-order valence-electron chi connectivity index (χ2n) is 11.1. The van der Waals surface area contributed by atoms with Gasteiger partial charge in [0.1, 0.15) is 10.0 Å². The first-order valence-electron chi connectivity index (χ1n) is 14.1. The van der Waals surface area contributed by atoms with Crippen LogP contribution in [-0.2, 0) is 0 Å². The number of rotatable bonds is 2. The molecule has 0 aliphatic heterocycles. The first-order chi connectivity index (χ1) is 21.7. The first-order valence-corrected chi connectivity index (χ1v) is 19.1. The van der Waals surface area contributed by atoms with Gasteiger partial charge in [0.2, 0.25) is 0 Å². The molecular weight excluding hydrogens is 653 g/mol. The molecule has 0 saturated carbocycles. The average Bonchev–Trinajstić information content (AvgIpc) is 3.85. The molecule has 0 radical (unpaired) electrons. The fourth-order valence-corrected chi connectivity index (χ4v) is 12.1. The molecule has 44 heavy (non-hydrogen) atoms. The number of thiophene rings is 4. The lowest BCUT2D eigenvalue weighted by atomic mass is 10.1. The van der Waals surface area contributed by atoms with Crippen LogP contribution in [0.1, 0.15) is 0 Å². The van der Waals surface area contributed by atoms with Crippen molar-refractivity contribution in [2.24, 2.45) is 0 Å². The van der Waals surface area contributed by atoms with Crippen LogP contribution in [0, 0.1) is 0 Å². The second kappa shape index (κ2) is 8.91. The molecule has 0 aliphatic rings. The maximum absolute atomic E-state index is 5.11. The number of benzene rings is 5. The third-order valence-electron chi connectivity index (χ3n) is 8.41. The van der Waals surface area contributed by atoms with Crippen molar-refractivity contribution in [1.29, 1.82) is 0 Å². The lowest BCUT2D eigenvalue weighted by molar-refractivity contribution is 1.49. The molecule has 0 amide bonds. The van der Waals surface area contributed by atoms with Crippen LogP contribution < -0.4 is 0 Å². The zero-order chi connectivity index (χ0) is 28.5. The van der Waals surface area contributed by atoms with Crippen LogP contribution in [-0.4, -0.2) is 9.97 Å². The van der Waals surface area contributed by atoms with Gasteiger partial charge in [0, 0.05) is 18.8 Å². The van der Waals surface area contributed by atoms with Gasteiger partial charge in [-0.25, -0.2) is 9.97 Å². The van der Waals surface area contributed by atoms with Gasteiger partial charge in [-0.2, -0.15) is 0 Å². The van der Waals surface area contributed by atoms with E-state index in [2.05, 4.69) is 95.7 Å². The summed E-state index contributed by atoms with van der Waals surface area (Å²) in [6.45, 7) is 0. The van der Waals surface area contributed by atoms with Gasteiger partial charge in [0.15, 0.2) is 0 Å². The van der Waals surface area contributed by atoms with Gasteiger partial charge in [0.25, 0.3) is 0 Å². The van der Waals surface area contributed by atoms with E-state index in [0.717, 1.165) is 21.0 Å². The van der Waals surface area contributed by atoms with Crippen molar-refractivity contribution in [3.05, 3.63) is 95.7 Å². The molecule has 0 atom stereocenters. The second-order valence-corrected chi connectivity index (χ2v) is 17.3. The summed E-state index contributed by atoms with van der Waals surface area (Å²) in [5, 5.41) is 16.9. The predicted octanol–water partition coefficient (Wildman–Crippen LogP) is 13.4. The molecule has 6 aromatic heterocycles. The van der Waals surface area contributed by atoms with Gasteiger partial charge in [-0.05, 0) is 139 Å². The number of thiazole rings is 2. The summed E-state index contributed by atoms with van der Waals surface area (Å²) in [4.78, 5) is 12.7. The topological polar surface area (TPSA) is 25.8 Å². The highest BCUT2D eigenvalue weighted by Crippen LogP contribution is 2.43. The molecule has 11 aromatic rings. The lowest BCUT2D eigenvalue weighted by Gasteiger charge is -1.99. The molecule has 0 N–H and O–H groups in total. The van der Waals surface area contributed by atoms with Gasteiger partial charge < -0.3 is 0 Å². The van der Waals surface area contributed by atoms with Gasteiger partial charge in [-0.1, -0.05) is 0 Å². The van der Waals surface area contributed by atoms with Crippen molar-refractivity contribution in [1.82, 2.24) is 9.97 Å². The van der Waals surface area contributed by atoms with E-state index in [9.17, 15) is 0 Å². The maximum atomic E-state index is 5.11. The number of fused-ring (bicyclic) bond motifs is 8. The SMILES string of the molecule is c1cc2cc3cc4sc(-c5nc6cc7sc(-c8cc9cc%10cc%11sccc%11cc%10cc9s8)nc7cc6s5)cc4cc3cc2s1. The molecule has 0 saturated heterocycles. The number of hydrogen-bond acceptors (Lipinski definition) is 8. The van der Waals surface area contributed by atoms with E-state index in [4.69, 9.17) is 9.97 Å². The van der Waals surface area contributed by atoms with Crippen molar-refractivity contribution in [3.63, 3.8) is 0 Å². The van der Waals surface area contributed by atoms with Gasteiger partial charge in [0.05, 0.1) is 30.2 Å². The molecule has 11 rings (SSSR count). The molecule has 0 unspecified atom stereocenters. The number of hydrogen-bond donors (Lipinski definition) is 0. The Balaban J connectivity index is 0.977. The zero-order valence-electron chi connectivity index (χ0n) is 22.6. The standard InChI is InChI=1S/C36H16N2S6/c1-3-39-27-9-21-7-23-13-33(41-29(23)11-19(21)5-17(1)27)35-37-25-15-32-26(16-31(25)43-35)38-36(44-32)34-14-24-8-22-10-28-18(2-4-40-28)6-20(22)12-30(24)42-34/h1-16H. The van der Waals surface area contributed by atoms with Crippen molar-refractivity contribution in [3.8, 4) is 19.8 Å².